The number of hydrogen-bond acceptors (Lipinski definition) is 5. The van der Waals surface area contributed by atoms with Crippen molar-refractivity contribution in [3.63, 3.8) is 0 Å². The number of esters is 1. The first-order chi connectivity index (χ1) is 13.4. The first kappa shape index (κ1) is 22.6. The van der Waals surface area contributed by atoms with Gasteiger partial charge in [0.25, 0.3) is 17.7 Å². The average molecular weight is 402 g/mol. The molecule has 0 radical (unpaired) electrons. The zero-order chi connectivity index (χ0) is 21.8. The minimum atomic E-state index is -0.537. The largest absolute Gasteiger partial charge is 0.456 e. The third-order valence-electron chi connectivity index (χ3n) is 4.46. The van der Waals surface area contributed by atoms with E-state index >= 15 is 0 Å². The van der Waals surface area contributed by atoms with Gasteiger partial charge >= 0.3 is 5.97 Å². The maximum atomic E-state index is 12.3. The molecule has 158 valence electrons. The minimum Gasteiger partial charge on any atom is -0.456 e. The molecule has 3 amide bonds. The molecule has 1 aromatic carbocycles. The molecule has 7 nitrogen and oxygen atoms in total. The van der Waals surface area contributed by atoms with Crippen LogP contribution in [-0.4, -0.2) is 47.3 Å². The number of carbonyl (C=O) groups excluding carboxylic acids is 4. The second-order valence-corrected chi connectivity index (χ2v) is 9.24. The number of fused-ring (bicyclic) bond motifs is 1. The molecule has 0 saturated heterocycles. The topological polar surface area (TPSA) is 92.8 Å². The number of benzene rings is 1. The van der Waals surface area contributed by atoms with Gasteiger partial charge in [0.15, 0.2) is 6.61 Å². The van der Waals surface area contributed by atoms with Crippen molar-refractivity contribution >= 4 is 23.7 Å². The van der Waals surface area contributed by atoms with Crippen LogP contribution >= 0.6 is 0 Å². The number of carbonyl (C=O) groups is 4. The smallest absolute Gasteiger partial charge is 0.306 e. The second-order valence-electron chi connectivity index (χ2n) is 9.24. The number of hydrogen-bond donors (Lipinski definition) is 1. The zero-order valence-electron chi connectivity index (χ0n) is 17.8. The molecule has 0 aromatic heterocycles. The highest BCUT2D eigenvalue weighted by atomic mass is 16.5. The summed E-state index contributed by atoms with van der Waals surface area (Å²) < 4.78 is 5.02. The van der Waals surface area contributed by atoms with E-state index in [-0.39, 0.29) is 49.1 Å². The molecule has 0 unspecified atom stereocenters. The summed E-state index contributed by atoms with van der Waals surface area (Å²) in [5, 5.41) is 2.88. The third kappa shape index (κ3) is 6.41. The van der Waals surface area contributed by atoms with E-state index < -0.39 is 11.5 Å². The van der Waals surface area contributed by atoms with Crippen LogP contribution in [0.25, 0.3) is 0 Å². The van der Waals surface area contributed by atoms with E-state index in [0.717, 1.165) is 11.3 Å². The Bertz CT molecular complexity index is 773. The van der Waals surface area contributed by atoms with Crippen molar-refractivity contribution in [1.29, 1.82) is 0 Å². The number of nitrogens with zero attached hydrogens (tertiary/aromatic N) is 1. The molecule has 2 rings (SSSR count). The van der Waals surface area contributed by atoms with Gasteiger partial charge in [-0.1, -0.05) is 32.9 Å². The molecule has 1 aliphatic rings. The summed E-state index contributed by atoms with van der Waals surface area (Å²) >= 11 is 0. The molecule has 7 heteroatoms. The lowest BCUT2D eigenvalue weighted by molar-refractivity contribution is -0.149. The Balaban J connectivity index is 1.72. The van der Waals surface area contributed by atoms with Crippen LogP contribution < -0.4 is 5.32 Å². The summed E-state index contributed by atoms with van der Waals surface area (Å²) in [6, 6.07) is 6.64. The van der Waals surface area contributed by atoms with E-state index in [4.69, 9.17) is 4.74 Å². The van der Waals surface area contributed by atoms with Crippen LogP contribution in [-0.2, 0) is 14.3 Å². The number of nitrogens with one attached hydrogen (secondary N) is 1. The minimum absolute atomic E-state index is 0.0199. The maximum Gasteiger partial charge on any atom is 0.306 e. The molecule has 0 fully saturated rings. The molecule has 0 spiro atoms. The molecule has 1 N–H and O–H groups in total. The average Bonchev–Trinajstić information content (AvgIpc) is 2.82. The molecule has 0 saturated carbocycles. The van der Waals surface area contributed by atoms with Gasteiger partial charge in [-0.2, -0.15) is 0 Å². The van der Waals surface area contributed by atoms with Crippen LogP contribution in [0.5, 0.6) is 0 Å². The van der Waals surface area contributed by atoms with E-state index in [2.05, 4.69) is 26.1 Å². The molecule has 1 aromatic rings. The Kier molecular flexibility index (Phi) is 6.82. The van der Waals surface area contributed by atoms with Crippen LogP contribution in [0.3, 0.4) is 0 Å². The number of imide groups is 1. The van der Waals surface area contributed by atoms with Crippen molar-refractivity contribution in [3.05, 3.63) is 35.4 Å². The SMILES string of the molecule is CC(C)(C)CC(C)(C)NC(=O)COC(=O)CCCN1C(=O)c2ccccc2C1=O. The predicted octanol–water partition coefficient (Wildman–Crippen LogP) is 2.94. The van der Waals surface area contributed by atoms with Gasteiger partial charge < -0.3 is 10.1 Å². The van der Waals surface area contributed by atoms with Gasteiger partial charge in [-0.05, 0) is 44.2 Å². The van der Waals surface area contributed by atoms with Crippen LogP contribution in [0.1, 0.15) is 74.6 Å². The van der Waals surface area contributed by atoms with Gasteiger partial charge in [0.1, 0.15) is 0 Å². The van der Waals surface area contributed by atoms with Crippen LogP contribution in [0.4, 0.5) is 0 Å². The lowest BCUT2D eigenvalue weighted by atomic mass is 9.82. The third-order valence-corrected chi connectivity index (χ3v) is 4.46. The van der Waals surface area contributed by atoms with Gasteiger partial charge in [0, 0.05) is 18.5 Å². The summed E-state index contributed by atoms with van der Waals surface area (Å²) in [4.78, 5) is 49.6. The van der Waals surface area contributed by atoms with Gasteiger partial charge in [0.2, 0.25) is 0 Å². The highest BCUT2D eigenvalue weighted by Crippen LogP contribution is 2.26. The molecule has 0 atom stereocenters. The van der Waals surface area contributed by atoms with E-state index in [1.165, 1.54) is 0 Å². The fraction of sp³-hybridized carbons (Fsp3) is 0.545. The lowest BCUT2D eigenvalue weighted by Gasteiger charge is -2.33. The summed E-state index contributed by atoms with van der Waals surface area (Å²) in [5.41, 5.74) is 0.411. The summed E-state index contributed by atoms with van der Waals surface area (Å²) in [6.07, 6.45) is 1.08. The van der Waals surface area contributed by atoms with E-state index in [1.54, 1.807) is 24.3 Å². The Hall–Kier alpha value is -2.70. The Morgan fingerprint density at radius 1 is 1.00 bits per heavy atom. The molecular weight excluding hydrogens is 372 g/mol. The van der Waals surface area contributed by atoms with Crippen LogP contribution in [0, 0.1) is 5.41 Å². The van der Waals surface area contributed by atoms with Crippen LogP contribution in [0.15, 0.2) is 24.3 Å². The van der Waals surface area contributed by atoms with Crippen LogP contribution in [0.2, 0.25) is 0 Å². The first-order valence-corrected chi connectivity index (χ1v) is 9.81. The maximum absolute atomic E-state index is 12.3. The summed E-state index contributed by atoms with van der Waals surface area (Å²) in [6.45, 7) is 9.92. The van der Waals surface area contributed by atoms with Gasteiger partial charge in [-0.15, -0.1) is 0 Å². The van der Waals surface area contributed by atoms with E-state index in [9.17, 15) is 19.2 Å². The summed E-state index contributed by atoms with van der Waals surface area (Å²) in [5.74, 6) is -1.59. The highest BCUT2D eigenvalue weighted by molar-refractivity contribution is 6.21. The standard InChI is InChI=1S/C22H30N2O5/c1-21(2,3)14-22(4,5)23-17(25)13-29-18(26)11-8-12-24-19(27)15-9-6-7-10-16(15)20(24)28/h6-7,9-10H,8,11-14H2,1-5H3,(H,23,25). The Morgan fingerprint density at radius 3 is 2.07 bits per heavy atom. The van der Waals surface area contributed by atoms with Crippen molar-refractivity contribution in [2.45, 2.75) is 59.4 Å². The molecule has 0 bridgehead atoms. The normalized spacial score (nSPS) is 14.0. The number of amides is 3. The molecule has 29 heavy (non-hydrogen) atoms. The fourth-order valence-corrected chi connectivity index (χ4v) is 3.83. The second kappa shape index (κ2) is 8.76. The van der Waals surface area contributed by atoms with Crippen molar-refractivity contribution in [2.75, 3.05) is 13.2 Å². The number of ether oxygens (including phenoxy) is 1. The summed E-state index contributed by atoms with van der Waals surface area (Å²) in [7, 11) is 0. The zero-order valence-corrected chi connectivity index (χ0v) is 17.8. The van der Waals surface area contributed by atoms with Crippen molar-refractivity contribution in [3.8, 4) is 0 Å². The van der Waals surface area contributed by atoms with Gasteiger partial charge in [0.05, 0.1) is 11.1 Å². The lowest BCUT2D eigenvalue weighted by Crippen LogP contribution is -2.47. The fourth-order valence-electron chi connectivity index (χ4n) is 3.83. The van der Waals surface area contributed by atoms with Crippen molar-refractivity contribution < 1.29 is 23.9 Å². The van der Waals surface area contributed by atoms with Crippen molar-refractivity contribution in [2.24, 2.45) is 5.41 Å². The Labute approximate surface area is 171 Å². The molecular formula is C22H30N2O5. The predicted molar refractivity (Wildman–Crippen MR) is 108 cm³/mol. The number of rotatable bonds is 8. The monoisotopic (exact) mass is 402 g/mol. The van der Waals surface area contributed by atoms with Gasteiger partial charge in [-0.25, -0.2) is 0 Å². The van der Waals surface area contributed by atoms with E-state index in [0.29, 0.717) is 11.1 Å². The Morgan fingerprint density at radius 2 is 1.55 bits per heavy atom. The molecule has 0 aliphatic carbocycles. The highest BCUT2D eigenvalue weighted by Gasteiger charge is 2.34. The molecule has 1 aliphatic heterocycles. The first-order valence-electron chi connectivity index (χ1n) is 9.81. The van der Waals surface area contributed by atoms with Gasteiger partial charge in [-0.3, -0.25) is 24.1 Å². The molecule has 1 heterocycles. The quantitative estimate of drug-likeness (QED) is 0.533. The van der Waals surface area contributed by atoms with E-state index in [1.807, 2.05) is 13.8 Å². The van der Waals surface area contributed by atoms with Crippen molar-refractivity contribution in [1.82, 2.24) is 10.2 Å².